The average molecular weight is 282 g/mol. The maximum absolute atomic E-state index is 13.3. The zero-order chi connectivity index (χ0) is 13.8. The normalized spacial score (nSPS) is 24.9. The molecule has 0 aliphatic heterocycles. The van der Waals surface area contributed by atoms with Crippen LogP contribution in [0.2, 0.25) is 0 Å². The number of hydrogen-bond acceptors (Lipinski definition) is 1. The summed E-state index contributed by atoms with van der Waals surface area (Å²) in [6.07, 6.45) is 1.25. The van der Waals surface area contributed by atoms with E-state index in [2.05, 4.69) is 5.32 Å². The summed E-state index contributed by atoms with van der Waals surface area (Å²) < 4.78 is 26.5. The number of alkyl halides is 3. The minimum atomic E-state index is -2.68. The number of halogens is 3. The molecule has 0 bridgehead atoms. The number of carbonyl (C=O) groups is 1. The molecule has 2 atom stereocenters. The summed E-state index contributed by atoms with van der Waals surface area (Å²) in [5, 5.41) is 2.87. The molecule has 0 heterocycles. The predicted octanol–water partition coefficient (Wildman–Crippen LogP) is 3.58. The molecule has 0 radical (unpaired) electrons. The minimum Gasteiger partial charge on any atom is -0.353 e. The van der Waals surface area contributed by atoms with Crippen molar-refractivity contribution in [2.45, 2.75) is 57.9 Å². The van der Waals surface area contributed by atoms with E-state index < -0.39 is 11.8 Å². The lowest BCUT2D eigenvalue weighted by atomic mass is 9.85. The van der Waals surface area contributed by atoms with Crippen molar-refractivity contribution in [2.24, 2.45) is 11.8 Å². The van der Waals surface area contributed by atoms with Crippen molar-refractivity contribution in [1.29, 1.82) is 0 Å². The van der Waals surface area contributed by atoms with E-state index in [9.17, 15) is 13.6 Å². The van der Waals surface area contributed by atoms with Crippen LogP contribution >= 0.6 is 11.6 Å². The highest BCUT2D eigenvalue weighted by Gasteiger charge is 2.39. The first-order valence-corrected chi connectivity index (χ1v) is 7.13. The molecule has 0 saturated heterocycles. The molecule has 1 fully saturated rings. The zero-order valence-corrected chi connectivity index (χ0v) is 11.8. The number of carbonyl (C=O) groups excluding carboxylic acids is 1. The van der Waals surface area contributed by atoms with E-state index in [1.165, 1.54) is 0 Å². The monoisotopic (exact) mass is 281 g/mol. The van der Waals surface area contributed by atoms with Crippen molar-refractivity contribution in [3.63, 3.8) is 0 Å². The van der Waals surface area contributed by atoms with Gasteiger partial charge < -0.3 is 5.32 Å². The van der Waals surface area contributed by atoms with Crippen LogP contribution in [0.3, 0.4) is 0 Å². The number of nitrogens with one attached hydrogen (secondary N) is 1. The van der Waals surface area contributed by atoms with E-state index in [0.29, 0.717) is 25.1 Å². The van der Waals surface area contributed by atoms with Crippen LogP contribution in [0.1, 0.15) is 46.0 Å². The Kier molecular flexibility index (Phi) is 5.83. The molecule has 106 valence electrons. The summed E-state index contributed by atoms with van der Waals surface area (Å²) in [6.45, 7) is 3.99. The van der Waals surface area contributed by atoms with Crippen LogP contribution in [0.4, 0.5) is 8.78 Å². The topological polar surface area (TPSA) is 29.1 Å². The Labute approximate surface area is 112 Å². The number of amides is 1. The van der Waals surface area contributed by atoms with Crippen molar-refractivity contribution < 1.29 is 13.6 Å². The van der Waals surface area contributed by atoms with Gasteiger partial charge >= 0.3 is 0 Å². The molecule has 2 unspecified atom stereocenters. The molecule has 1 aliphatic rings. The smallest absolute Gasteiger partial charge is 0.248 e. The standard InChI is InChI=1S/C13H22ClF2NO/c1-9(2)11(5-7-14)17-12(18)10-4-3-6-13(15,16)8-10/h9-11H,3-8H2,1-2H3,(H,17,18). The Hall–Kier alpha value is -0.380. The zero-order valence-electron chi connectivity index (χ0n) is 11.0. The van der Waals surface area contributed by atoms with Gasteiger partial charge in [-0.25, -0.2) is 8.78 Å². The quantitative estimate of drug-likeness (QED) is 0.767. The van der Waals surface area contributed by atoms with Crippen molar-refractivity contribution in [3.05, 3.63) is 0 Å². The largest absolute Gasteiger partial charge is 0.353 e. The third-order valence-corrected chi connectivity index (χ3v) is 3.78. The molecule has 1 saturated carbocycles. The van der Waals surface area contributed by atoms with Gasteiger partial charge in [-0.05, 0) is 25.2 Å². The first-order chi connectivity index (χ1) is 8.35. The Balaban J connectivity index is 2.53. The second kappa shape index (κ2) is 6.69. The van der Waals surface area contributed by atoms with Crippen LogP contribution < -0.4 is 5.32 Å². The molecule has 1 rings (SSSR count). The van der Waals surface area contributed by atoms with Crippen LogP contribution in [0.25, 0.3) is 0 Å². The molecule has 1 amide bonds. The van der Waals surface area contributed by atoms with E-state index >= 15 is 0 Å². The molecule has 0 aromatic carbocycles. The Morgan fingerprint density at radius 3 is 2.67 bits per heavy atom. The third-order valence-electron chi connectivity index (χ3n) is 3.56. The van der Waals surface area contributed by atoms with Crippen LogP contribution in [0, 0.1) is 11.8 Å². The van der Waals surface area contributed by atoms with Gasteiger partial charge in [-0.15, -0.1) is 11.6 Å². The molecule has 2 nitrogen and oxygen atoms in total. The lowest BCUT2D eigenvalue weighted by molar-refractivity contribution is -0.133. The van der Waals surface area contributed by atoms with Crippen molar-refractivity contribution in [1.82, 2.24) is 5.32 Å². The molecule has 1 aliphatic carbocycles. The highest BCUT2D eigenvalue weighted by molar-refractivity contribution is 6.17. The minimum absolute atomic E-state index is 0.0226. The van der Waals surface area contributed by atoms with E-state index in [0.717, 1.165) is 0 Å². The highest BCUT2D eigenvalue weighted by Crippen LogP contribution is 2.36. The summed E-state index contributed by atoms with van der Waals surface area (Å²) in [4.78, 5) is 12.0. The van der Waals surface area contributed by atoms with Gasteiger partial charge in [0.2, 0.25) is 11.8 Å². The molecular formula is C13H22ClF2NO. The first-order valence-electron chi connectivity index (χ1n) is 6.60. The van der Waals surface area contributed by atoms with Gasteiger partial charge in [-0.3, -0.25) is 4.79 Å². The fourth-order valence-electron chi connectivity index (χ4n) is 2.39. The van der Waals surface area contributed by atoms with Crippen LogP contribution in [0.5, 0.6) is 0 Å². The van der Waals surface area contributed by atoms with Gasteiger partial charge in [0.25, 0.3) is 0 Å². The Morgan fingerprint density at radius 1 is 1.50 bits per heavy atom. The lowest BCUT2D eigenvalue weighted by Crippen LogP contribution is -2.44. The third kappa shape index (κ3) is 4.71. The average Bonchev–Trinajstić information content (AvgIpc) is 2.26. The Morgan fingerprint density at radius 2 is 2.17 bits per heavy atom. The van der Waals surface area contributed by atoms with Crippen LogP contribution in [-0.2, 0) is 4.79 Å². The fraction of sp³-hybridized carbons (Fsp3) is 0.923. The number of hydrogen-bond donors (Lipinski definition) is 1. The summed E-state index contributed by atoms with van der Waals surface area (Å²) in [5.41, 5.74) is 0. The Bertz CT molecular complexity index is 284. The van der Waals surface area contributed by atoms with Gasteiger partial charge in [0.15, 0.2) is 0 Å². The van der Waals surface area contributed by atoms with E-state index in [-0.39, 0.29) is 30.7 Å². The van der Waals surface area contributed by atoms with Gasteiger partial charge in [-0.2, -0.15) is 0 Å². The molecule has 5 heteroatoms. The lowest BCUT2D eigenvalue weighted by Gasteiger charge is -2.30. The van der Waals surface area contributed by atoms with Gasteiger partial charge in [0.05, 0.1) is 0 Å². The second-order valence-corrected chi connectivity index (χ2v) is 5.86. The summed E-state index contributed by atoms with van der Waals surface area (Å²) in [7, 11) is 0. The van der Waals surface area contributed by atoms with Crippen molar-refractivity contribution >= 4 is 17.5 Å². The van der Waals surface area contributed by atoms with Gasteiger partial charge in [0, 0.05) is 30.7 Å². The second-order valence-electron chi connectivity index (χ2n) is 5.49. The summed E-state index contributed by atoms with van der Waals surface area (Å²) in [6, 6.07) is -0.0226. The fourth-order valence-corrected chi connectivity index (χ4v) is 2.62. The van der Waals surface area contributed by atoms with E-state index in [1.54, 1.807) is 0 Å². The summed E-state index contributed by atoms with van der Waals surface area (Å²) >= 11 is 5.68. The van der Waals surface area contributed by atoms with Gasteiger partial charge in [-0.1, -0.05) is 13.8 Å². The maximum Gasteiger partial charge on any atom is 0.248 e. The van der Waals surface area contributed by atoms with Crippen molar-refractivity contribution in [2.75, 3.05) is 5.88 Å². The van der Waals surface area contributed by atoms with E-state index in [4.69, 9.17) is 11.6 Å². The first kappa shape index (κ1) is 15.7. The SMILES string of the molecule is CC(C)C(CCCl)NC(=O)C1CCCC(F)(F)C1. The van der Waals surface area contributed by atoms with Crippen LogP contribution in [0.15, 0.2) is 0 Å². The molecule has 0 aromatic heterocycles. The molecule has 18 heavy (non-hydrogen) atoms. The maximum atomic E-state index is 13.3. The van der Waals surface area contributed by atoms with Crippen LogP contribution in [-0.4, -0.2) is 23.8 Å². The molecule has 0 spiro atoms. The predicted molar refractivity (Wildman–Crippen MR) is 69.0 cm³/mol. The summed E-state index contributed by atoms with van der Waals surface area (Å²) in [5.74, 6) is -2.75. The molecule has 0 aromatic rings. The van der Waals surface area contributed by atoms with Gasteiger partial charge in [0.1, 0.15) is 0 Å². The molecular weight excluding hydrogens is 260 g/mol. The highest BCUT2D eigenvalue weighted by atomic mass is 35.5. The molecule has 1 N–H and O–H groups in total. The number of rotatable bonds is 5. The van der Waals surface area contributed by atoms with E-state index in [1.807, 2.05) is 13.8 Å². The van der Waals surface area contributed by atoms with Crippen molar-refractivity contribution in [3.8, 4) is 0 Å².